The van der Waals surface area contributed by atoms with Crippen molar-refractivity contribution in [1.82, 2.24) is 21.3 Å². The number of carboxylic acid groups (broad SMARTS) is 2. The summed E-state index contributed by atoms with van der Waals surface area (Å²) in [6.07, 6.45) is 12.7. The number of carboxylic acids is 2. The van der Waals surface area contributed by atoms with Crippen LogP contribution in [0.15, 0.2) is 204 Å². The van der Waals surface area contributed by atoms with Crippen molar-refractivity contribution in [2.24, 2.45) is 0 Å². The van der Waals surface area contributed by atoms with Gasteiger partial charge in [0.15, 0.2) is 0 Å². The number of anilines is 4. The number of para-hydroxylation sites is 2. The van der Waals surface area contributed by atoms with E-state index in [1.807, 2.05) is 50.2 Å². The first kappa shape index (κ1) is 71.7. The van der Waals surface area contributed by atoms with Crippen molar-refractivity contribution in [2.75, 3.05) is 33.2 Å². The highest BCUT2D eigenvalue weighted by atomic mass is 32.2. The summed E-state index contributed by atoms with van der Waals surface area (Å²) in [5.41, 5.74) is 10.2. The summed E-state index contributed by atoms with van der Waals surface area (Å²) in [6.45, 7) is 5.36. The number of aliphatic carboxylic acids is 2. The van der Waals surface area contributed by atoms with Crippen molar-refractivity contribution in [2.45, 2.75) is 126 Å². The number of amides is 6. The first-order chi connectivity index (χ1) is 47.2. The van der Waals surface area contributed by atoms with E-state index in [1.54, 1.807) is 146 Å². The quantitative estimate of drug-likeness (QED) is 0.0255. The number of allylic oxidation sites excluding steroid dienone is 2. The molecule has 6 amide bonds. The zero-order valence-corrected chi connectivity index (χ0v) is 56.5. The molecule has 8 aromatic carbocycles. The number of benzene rings is 8. The number of hydrogen-bond acceptors (Lipinski definition) is 10. The third-order valence-corrected chi connectivity index (χ3v) is 20.4. The Kier molecular flexibility index (Phi) is 24.8. The van der Waals surface area contributed by atoms with E-state index >= 15 is 0 Å². The predicted octanol–water partition coefficient (Wildman–Crippen LogP) is 14.4. The number of urea groups is 2. The predicted molar refractivity (Wildman–Crippen MR) is 381 cm³/mol. The molecule has 10 N–H and O–H groups in total. The number of carbonyl (C=O) groups excluding carboxylic acids is 4. The fourth-order valence-corrected chi connectivity index (χ4v) is 15.1. The van der Waals surface area contributed by atoms with Crippen molar-refractivity contribution >= 4 is 84.2 Å². The lowest BCUT2D eigenvalue weighted by Crippen LogP contribution is -2.34. The highest BCUT2D eigenvalue weighted by Crippen LogP contribution is 2.36. The van der Waals surface area contributed by atoms with E-state index < -0.39 is 67.9 Å². The molecule has 1 fully saturated rings. The smallest absolute Gasteiger partial charge is 0.320 e. The van der Waals surface area contributed by atoms with Crippen molar-refractivity contribution < 1.29 is 55.8 Å². The minimum Gasteiger partial charge on any atom is -0.481 e. The molecule has 510 valence electrons. The third kappa shape index (κ3) is 19.6. The van der Waals surface area contributed by atoms with Crippen LogP contribution in [-0.4, -0.2) is 76.0 Å². The number of aryl methyl sites for hydroxylation is 2. The molecule has 0 bridgehead atoms. The lowest BCUT2D eigenvalue weighted by atomic mass is 9.83. The van der Waals surface area contributed by atoms with Gasteiger partial charge in [-0.15, -0.1) is 0 Å². The van der Waals surface area contributed by atoms with Gasteiger partial charge in [0.2, 0.25) is 0 Å². The van der Waals surface area contributed by atoms with Gasteiger partial charge in [-0.1, -0.05) is 160 Å². The molecule has 0 aromatic heterocycles. The van der Waals surface area contributed by atoms with Crippen LogP contribution in [0.2, 0.25) is 0 Å². The third-order valence-electron chi connectivity index (χ3n) is 17.3. The second kappa shape index (κ2) is 33.9. The molecule has 22 heteroatoms. The van der Waals surface area contributed by atoms with Crippen LogP contribution in [0.5, 0.6) is 0 Å². The van der Waals surface area contributed by atoms with Crippen LogP contribution in [0.3, 0.4) is 0 Å². The molecule has 10 rings (SSSR count). The average molecular weight is 1360 g/mol. The molecule has 2 aliphatic carbocycles. The van der Waals surface area contributed by atoms with Gasteiger partial charge in [0.1, 0.15) is 9.79 Å². The molecule has 0 radical (unpaired) electrons. The molecule has 8 aromatic rings. The summed E-state index contributed by atoms with van der Waals surface area (Å²) in [4.78, 5) is 74.2. The summed E-state index contributed by atoms with van der Waals surface area (Å²) < 4.78 is 59.8. The number of nitrogens with one attached hydrogen (secondary N) is 8. The number of carbonyl (C=O) groups is 6. The van der Waals surface area contributed by atoms with Crippen molar-refractivity contribution in [1.29, 1.82) is 0 Å². The van der Waals surface area contributed by atoms with Gasteiger partial charge >= 0.3 is 24.0 Å². The monoisotopic (exact) mass is 1360 g/mol. The van der Waals surface area contributed by atoms with Crippen LogP contribution >= 0.6 is 0 Å². The molecule has 20 nitrogen and oxygen atoms in total. The molecule has 98 heavy (non-hydrogen) atoms. The summed E-state index contributed by atoms with van der Waals surface area (Å²) in [5.74, 6) is -2.32. The SMILES string of the molecule is CCc1cccc(NC(=O)NC(c2ccc(C(=O)NCCC(=O)O)cc2)c2ccc(C3=CCCCC3)cc2)c1S(=O)(=O)Nc1ccccc1.Cc1ccc(NC(=O)NC(c2ccc(C(=O)NCCC(=O)O)cc2)c2ccc(C3CCCCC3)cc2)c(S(=O)(=O)Nc2ccccc2)c1C. The molecule has 0 saturated heterocycles. The zero-order chi connectivity index (χ0) is 69.8. The Morgan fingerprint density at radius 3 is 1.41 bits per heavy atom. The highest BCUT2D eigenvalue weighted by molar-refractivity contribution is 7.93. The maximum Gasteiger partial charge on any atom is 0.320 e. The fraction of sp³-hybridized carbons (Fsp3) is 0.263. The number of rotatable bonds is 25. The van der Waals surface area contributed by atoms with E-state index in [2.05, 4.69) is 59.6 Å². The second-order valence-electron chi connectivity index (χ2n) is 24.2. The highest BCUT2D eigenvalue weighted by Gasteiger charge is 2.28. The Balaban J connectivity index is 0.000000229. The molecule has 0 spiro atoms. The minimum atomic E-state index is -4.08. The van der Waals surface area contributed by atoms with E-state index in [9.17, 15) is 45.6 Å². The van der Waals surface area contributed by atoms with Crippen LogP contribution in [0, 0.1) is 13.8 Å². The van der Waals surface area contributed by atoms with Crippen LogP contribution < -0.4 is 41.3 Å². The fourth-order valence-electron chi connectivity index (χ4n) is 12.0. The van der Waals surface area contributed by atoms with Crippen LogP contribution in [0.25, 0.3) is 5.57 Å². The van der Waals surface area contributed by atoms with Crippen LogP contribution in [0.4, 0.5) is 32.3 Å². The molecule has 0 heterocycles. The lowest BCUT2D eigenvalue weighted by molar-refractivity contribution is -0.137. The molecule has 2 unspecified atom stereocenters. The van der Waals surface area contributed by atoms with E-state index in [1.165, 1.54) is 36.8 Å². The first-order valence-electron chi connectivity index (χ1n) is 32.8. The molecule has 2 aliphatic rings. The zero-order valence-electron chi connectivity index (χ0n) is 54.9. The van der Waals surface area contributed by atoms with Gasteiger partial charge in [-0.2, -0.15) is 0 Å². The Hall–Kier alpha value is -10.6. The number of hydrogen-bond donors (Lipinski definition) is 10. The van der Waals surface area contributed by atoms with Gasteiger partial charge in [-0.25, -0.2) is 26.4 Å². The second-order valence-corrected chi connectivity index (χ2v) is 27.4. The van der Waals surface area contributed by atoms with E-state index in [-0.39, 0.29) is 47.1 Å². The van der Waals surface area contributed by atoms with Crippen LogP contribution in [0.1, 0.15) is 166 Å². The Labute approximate surface area is 572 Å². The summed E-state index contributed by atoms with van der Waals surface area (Å²) in [6, 6.07) is 52.5. The summed E-state index contributed by atoms with van der Waals surface area (Å²) in [7, 11) is -8.15. The molecule has 0 aliphatic heterocycles. The average Bonchev–Trinajstić information content (AvgIpc) is 0.794. The van der Waals surface area contributed by atoms with Crippen molar-refractivity contribution in [3.63, 3.8) is 0 Å². The van der Waals surface area contributed by atoms with Gasteiger partial charge in [0.25, 0.3) is 31.9 Å². The normalized spacial score (nSPS) is 13.7. The van der Waals surface area contributed by atoms with Crippen molar-refractivity contribution in [3.05, 3.63) is 255 Å². The maximum absolute atomic E-state index is 13.7. The van der Waals surface area contributed by atoms with E-state index in [4.69, 9.17) is 10.2 Å². The van der Waals surface area contributed by atoms with Gasteiger partial charge < -0.3 is 42.1 Å². The molecular formula is C76H82N8O12S2. The maximum atomic E-state index is 13.7. The van der Waals surface area contributed by atoms with E-state index in [0.717, 1.165) is 54.4 Å². The number of sulfonamides is 2. The first-order valence-corrected chi connectivity index (χ1v) is 35.7. The molecule has 1 saturated carbocycles. The Morgan fingerprint density at radius 1 is 0.490 bits per heavy atom. The van der Waals surface area contributed by atoms with Gasteiger partial charge in [-0.05, 0) is 181 Å². The van der Waals surface area contributed by atoms with Gasteiger partial charge in [0, 0.05) is 35.6 Å². The van der Waals surface area contributed by atoms with Crippen LogP contribution in [-0.2, 0) is 36.1 Å². The van der Waals surface area contributed by atoms with Gasteiger partial charge in [-0.3, -0.25) is 28.6 Å². The summed E-state index contributed by atoms with van der Waals surface area (Å²) >= 11 is 0. The largest absolute Gasteiger partial charge is 0.481 e. The van der Waals surface area contributed by atoms with Crippen molar-refractivity contribution in [3.8, 4) is 0 Å². The molecular weight excluding hydrogens is 1280 g/mol. The topological polar surface area (TPSA) is 307 Å². The van der Waals surface area contributed by atoms with E-state index in [0.29, 0.717) is 57.1 Å². The Morgan fingerprint density at radius 2 is 0.949 bits per heavy atom. The Bertz CT molecular complexity index is 4380. The minimum absolute atomic E-state index is 0.000855. The lowest BCUT2D eigenvalue weighted by Gasteiger charge is -2.24. The summed E-state index contributed by atoms with van der Waals surface area (Å²) in [5, 5.41) is 34.5. The van der Waals surface area contributed by atoms with Gasteiger partial charge in [0.05, 0.1) is 36.3 Å². The standard InChI is InChI=1S/C38H42N4O6S.C38H40N4O6S/c1-25-13-22-33(36(26(25)2)49(47,48)42-32-11-7-4-8-12-32)40-38(46)41-35(29-16-14-28(15-17-29)27-9-5-3-6-10-27)30-18-20-31(21-19-30)37(45)39-24-23-34(43)44;1-2-26-12-9-15-33(36(26)49(47,48)42-32-13-7-4-8-14-32)40-38(46)41-35(29-18-16-28(17-19-29)27-10-5-3-6-11-27)30-20-22-31(23-21-30)37(45)39-25-24-34(43)44/h4,7-8,11-22,27,35,42H,3,5-6,9-10,23-24H2,1-2H3,(H,39,45)(H,43,44)(H2,40,41,46);4,7-10,12-23,35,42H,2-3,5-6,11,24-25H2,1H3,(H,39,45)(H,43,44)(H2,40,41,46). The molecule has 2 atom stereocenters.